The Morgan fingerprint density at radius 1 is 1.10 bits per heavy atom. The standard InChI is InChI=1S/C19H14FN5O3S/c20-13-6-2-4-8-15(13)22-18(27)23-16(26)10-29-19-25-24-17(28-19)12-9-21-14-7-3-1-5-11(12)14/h1-9,21H,10H2,(H2,22,23,26,27). The fourth-order valence-corrected chi connectivity index (χ4v) is 3.19. The van der Waals surface area contributed by atoms with E-state index < -0.39 is 17.8 Å². The van der Waals surface area contributed by atoms with Gasteiger partial charge in [0, 0.05) is 17.1 Å². The topological polar surface area (TPSA) is 113 Å². The number of nitrogens with zero attached hydrogens (tertiary/aromatic N) is 2. The first-order valence-electron chi connectivity index (χ1n) is 8.48. The van der Waals surface area contributed by atoms with Crippen molar-refractivity contribution in [1.82, 2.24) is 20.5 Å². The van der Waals surface area contributed by atoms with Crippen LogP contribution >= 0.6 is 11.8 Å². The second-order valence-corrected chi connectivity index (χ2v) is 6.82. The van der Waals surface area contributed by atoms with Gasteiger partial charge in [-0.25, -0.2) is 9.18 Å². The molecule has 3 amide bonds. The fourth-order valence-electron chi connectivity index (χ4n) is 2.63. The SMILES string of the molecule is O=C(CSc1nnc(-c2c[nH]c3ccccc23)o1)NC(=O)Nc1ccccc1F. The maximum Gasteiger partial charge on any atom is 0.325 e. The van der Waals surface area contributed by atoms with Crippen molar-refractivity contribution in [2.45, 2.75) is 5.22 Å². The number of thioether (sulfide) groups is 1. The summed E-state index contributed by atoms with van der Waals surface area (Å²) >= 11 is 0.987. The molecule has 4 aromatic rings. The van der Waals surface area contributed by atoms with E-state index in [-0.39, 0.29) is 16.7 Å². The number of amides is 3. The van der Waals surface area contributed by atoms with Gasteiger partial charge in [0.25, 0.3) is 11.1 Å². The van der Waals surface area contributed by atoms with Gasteiger partial charge in [-0.05, 0) is 18.2 Å². The lowest BCUT2D eigenvalue weighted by Gasteiger charge is -2.06. The summed E-state index contributed by atoms with van der Waals surface area (Å²) in [5, 5.41) is 13.4. The summed E-state index contributed by atoms with van der Waals surface area (Å²) in [5.74, 6) is -0.987. The van der Waals surface area contributed by atoms with Crippen LogP contribution in [-0.4, -0.2) is 32.9 Å². The van der Waals surface area contributed by atoms with Gasteiger partial charge in [0.05, 0.1) is 17.0 Å². The summed E-state index contributed by atoms with van der Waals surface area (Å²) in [6.45, 7) is 0. The zero-order valence-corrected chi connectivity index (χ0v) is 15.6. The van der Waals surface area contributed by atoms with Gasteiger partial charge in [0.15, 0.2) is 0 Å². The Morgan fingerprint density at radius 3 is 2.76 bits per heavy atom. The van der Waals surface area contributed by atoms with Gasteiger partial charge in [-0.15, -0.1) is 10.2 Å². The molecule has 0 aliphatic heterocycles. The lowest BCUT2D eigenvalue weighted by molar-refractivity contribution is -0.117. The number of aromatic nitrogens is 3. The number of hydrogen-bond acceptors (Lipinski definition) is 6. The van der Waals surface area contributed by atoms with Gasteiger partial charge in [0.2, 0.25) is 5.91 Å². The van der Waals surface area contributed by atoms with Crippen molar-refractivity contribution in [2.75, 3.05) is 11.1 Å². The molecule has 0 saturated carbocycles. The summed E-state index contributed by atoms with van der Waals surface area (Å²) < 4.78 is 19.1. The first-order valence-corrected chi connectivity index (χ1v) is 9.47. The molecule has 0 atom stereocenters. The molecule has 146 valence electrons. The van der Waals surface area contributed by atoms with Crippen LogP contribution in [0.3, 0.4) is 0 Å². The highest BCUT2D eigenvalue weighted by Gasteiger charge is 2.15. The van der Waals surface area contributed by atoms with Crippen molar-refractivity contribution in [1.29, 1.82) is 0 Å². The Kier molecular flexibility index (Phi) is 5.25. The van der Waals surface area contributed by atoms with Crippen molar-refractivity contribution in [2.24, 2.45) is 0 Å². The van der Waals surface area contributed by atoms with E-state index in [2.05, 4.69) is 25.8 Å². The number of imide groups is 1. The van der Waals surface area contributed by atoms with Crippen molar-refractivity contribution >= 4 is 40.3 Å². The lowest BCUT2D eigenvalue weighted by atomic mass is 10.2. The molecule has 2 aromatic heterocycles. The number of aromatic amines is 1. The molecule has 0 radical (unpaired) electrons. The molecule has 2 heterocycles. The van der Waals surface area contributed by atoms with Crippen molar-refractivity contribution in [3.63, 3.8) is 0 Å². The summed E-state index contributed by atoms with van der Waals surface area (Å²) in [5.41, 5.74) is 1.68. The predicted octanol–water partition coefficient (Wildman–Crippen LogP) is 3.80. The van der Waals surface area contributed by atoms with Crippen molar-refractivity contribution in [3.8, 4) is 11.5 Å². The van der Waals surface area contributed by atoms with Crippen LogP contribution in [0.2, 0.25) is 0 Å². The molecule has 0 spiro atoms. The third-order valence-corrected chi connectivity index (χ3v) is 4.75. The van der Waals surface area contributed by atoms with E-state index in [0.29, 0.717) is 5.89 Å². The molecule has 10 heteroatoms. The number of anilines is 1. The van der Waals surface area contributed by atoms with Gasteiger partial charge >= 0.3 is 6.03 Å². The number of carbonyl (C=O) groups excluding carboxylic acids is 2. The Hall–Kier alpha value is -3.66. The van der Waals surface area contributed by atoms with Gasteiger partial charge in [-0.1, -0.05) is 42.1 Å². The second kappa shape index (κ2) is 8.15. The molecule has 2 aromatic carbocycles. The van der Waals surface area contributed by atoms with E-state index in [1.54, 1.807) is 12.3 Å². The number of fused-ring (bicyclic) bond motifs is 1. The molecular formula is C19H14FN5O3S. The molecule has 29 heavy (non-hydrogen) atoms. The molecular weight excluding hydrogens is 397 g/mol. The monoisotopic (exact) mass is 411 g/mol. The van der Waals surface area contributed by atoms with Crippen LogP contribution in [0, 0.1) is 5.82 Å². The molecule has 0 aliphatic rings. The van der Waals surface area contributed by atoms with E-state index in [1.807, 2.05) is 24.3 Å². The maximum atomic E-state index is 13.5. The number of rotatable bonds is 5. The first-order chi connectivity index (χ1) is 14.1. The minimum atomic E-state index is -0.828. The molecule has 0 saturated heterocycles. The number of para-hydroxylation sites is 2. The summed E-state index contributed by atoms with van der Waals surface area (Å²) in [7, 11) is 0. The van der Waals surface area contributed by atoms with Gasteiger partial charge in [-0.3, -0.25) is 10.1 Å². The number of halogens is 1. The molecule has 0 unspecified atom stereocenters. The van der Waals surface area contributed by atoms with Crippen LogP contribution in [0.25, 0.3) is 22.4 Å². The minimum Gasteiger partial charge on any atom is -0.411 e. The largest absolute Gasteiger partial charge is 0.411 e. The van der Waals surface area contributed by atoms with E-state index >= 15 is 0 Å². The predicted molar refractivity (Wildman–Crippen MR) is 106 cm³/mol. The Labute approximate surface area is 167 Å². The van der Waals surface area contributed by atoms with Crippen molar-refractivity contribution in [3.05, 3.63) is 60.5 Å². The van der Waals surface area contributed by atoms with E-state index in [4.69, 9.17) is 4.42 Å². The van der Waals surface area contributed by atoms with Crippen LogP contribution in [0.4, 0.5) is 14.9 Å². The Bertz CT molecular complexity index is 1190. The average molecular weight is 411 g/mol. The molecule has 0 fully saturated rings. The number of urea groups is 1. The second-order valence-electron chi connectivity index (χ2n) is 5.89. The van der Waals surface area contributed by atoms with Crippen LogP contribution in [0.5, 0.6) is 0 Å². The molecule has 3 N–H and O–H groups in total. The Morgan fingerprint density at radius 2 is 1.90 bits per heavy atom. The smallest absolute Gasteiger partial charge is 0.325 e. The number of H-pyrrole nitrogens is 1. The zero-order chi connectivity index (χ0) is 20.2. The maximum absolute atomic E-state index is 13.5. The number of benzene rings is 2. The summed E-state index contributed by atoms with van der Waals surface area (Å²) in [6, 6.07) is 12.5. The molecule has 4 rings (SSSR count). The third-order valence-electron chi connectivity index (χ3n) is 3.93. The van der Waals surface area contributed by atoms with E-state index in [9.17, 15) is 14.0 Å². The van der Waals surface area contributed by atoms with Crippen LogP contribution in [0.15, 0.2) is 64.4 Å². The quantitative estimate of drug-likeness (QED) is 0.431. The van der Waals surface area contributed by atoms with E-state index in [0.717, 1.165) is 28.2 Å². The number of nitrogens with one attached hydrogen (secondary N) is 3. The first kappa shape index (κ1) is 18.7. The average Bonchev–Trinajstić information content (AvgIpc) is 3.34. The normalized spacial score (nSPS) is 10.8. The zero-order valence-electron chi connectivity index (χ0n) is 14.8. The highest BCUT2D eigenvalue weighted by molar-refractivity contribution is 7.99. The number of carbonyl (C=O) groups is 2. The highest BCUT2D eigenvalue weighted by Crippen LogP contribution is 2.29. The van der Waals surface area contributed by atoms with Crippen LogP contribution < -0.4 is 10.6 Å². The molecule has 0 aliphatic carbocycles. The summed E-state index contributed by atoms with van der Waals surface area (Å²) in [4.78, 5) is 26.8. The lowest BCUT2D eigenvalue weighted by Crippen LogP contribution is -2.35. The van der Waals surface area contributed by atoms with E-state index in [1.165, 1.54) is 18.2 Å². The number of hydrogen-bond donors (Lipinski definition) is 3. The third kappa shape index (κ3) is 4.27. The van der Waals surface area contributed by atoms with Crippen molar-refractivity contribution < 1.29 is 18.4 Å². The molecule has 8 nitrogen and oxygen atoms in total. The Balaban J connectivity index is 1.33. The van der Waals surface area contributed by atoms with Crippen LogP contribution in [-0.2, 0) is 4.79 Å². The highest BCUT2D eigenvalue weighted by atomic mass is 32.2. The minimum absolute atomic E-state index is 0.0225. The van der Waals surface area contributed by atoms with Gasteiger partial charge in [0.1, 0.15) is 5.82 Å². The fraction of sp³-hybridized carbons (Fsp3) is 0.0526. The summed E-state index contributed by atoms with van der Waals surface area (Å²) in [6.07, 6.45) is 1.77. The van der Waals surface area contributed by atoms with Crippen LogP contribution in [0.1, 0.15) is 0 Å². The molecule has 0 bridgehead atoms. The van der Waals surface area contributed by atoms with Gasteiger partial charge < -0.3 is 14.7 Å². The van der Waals surface area contributed by atoms with Gasteiger partial charge in [-0.2, -0.15) is 0 Å².